The van der Waals surface area contributed by atoms with Crippen molar-refractivity contribution in [2.45, 2.75) is 25.5 Å². The van der Waals surface area contributed by atoms with Crippen molar-refractivity contribution in [2.24, 2.45) is 0 Å². The number of hydrogen-bond acceptors (Lipinski definition) is 8. The highest BCUT2D eigenvalue weighted by Crippen LogP contribution is 2.32. The van der Waals surface area contributed by atoms with Gasteiger partial charge >= 0.3 is 12.1 Å². The molecule has 192 valence electrons. The Balaban J connectivity index is 1.48. The predicted molar refractivity (Wildman–Crippen MR) is 140 cm³/mol. The van der Waals surface area contributed by atoms with E-state index in [9.17, 15) is 20.0 Å². The van der Waals surface area contributed by atoms with Crippen molar-refractivity contribution in [3.8, 4) is 17.4 Å². The molecule has 3 N–H and O–H groups in total. The van der Waals surface area contributed by atoms with Crippen LogP contribution in [0.3, 0.4) is 0 Å². The summed E-state index contributed by atoms with van der Waals surface area (Å²) in [6.07, 6.45) is 0.169. The molecule has 2 heterocycles. The number of anilines is 2. The number of aromatic nitrogens is 2. The maximum Gasteiger partial charge on any atom is 0.412 e. The molecular weight excluding hydrogens is 510 g/mol. The number of pyridine rings is 1. The van der Waals surface area contributed by atoms with Crippen LogP contribution in [0.1, 0.15) is 29.8 Å². The molecule has 38 heavy (non-hydrogen) atoms. The van der Waals surface area contributed by atoms with E-state index >= 15 is 0 Å². The van der Waals surface area contributed by atoms with Gasteiger partial charge in [0, 0.05) is 28.8 Å². The molecule has 0 aliphatic rings. The Morgan fingerprint density at radius 1 is 1.13 bits per heavy atom. The van der Waals surface area contributed by atoms with Gasteiger partial charge in [-0.1, -0.05) is 65.3 Å². The minimum Gasteiger partial charge on any atom is -0.480 e. The summed E-state index contributed by atoms with van der Waals surface area (Å²) in [5.74, 6) is -0.619. The minimum absolute atomic E-state index is 0.0128. The van der Waals surface area contributed by atoms with Crippen LogP contribution in [-0.4, -0.2) is 33.4 Å². The molecule has 4 rings (SSSR count). The summed E-state index contributed by atoms with van der Waals surface area (Å²) in [5.41, 5.74) is 1.74. The maximum absolute atomic E-state index is 12.6. The molecule has 0 bridgehead atoms. The number of halogens is 1. The van der Waals surface area contributed by atoms with Crippen molar-refractivity contribution in [3.63, 3.8) is 0 Å². The summed E-state index contributed by atoms with van der Waals surface area (Å²) >= 11 is 6.18. The number of carbonyl (C=O) groups excluding carboxylic acids is 1. The highest BCUT2D eigenvalue weighted by molar-refractivity contribution is 6.31. The van der Waals surface area contributed by atoms with E-state index in [0.717, 1.165) is 5.56 Å². The number of nitrogens with one attached hydrogen (secondary N) is 2. The molecule has 0 radical (unpaired) electrons. The molecule has 0 aliphatic heterocycles. The summed E-state index contributed by atoms with van der Waals surface area (Å²) in [6, 6.07) is 20.3. The predicted octanol–water partition coefficient (Wildman–Crippen LogP) is 5.68. The number of hydrogen-bond donors (Lipinski definition) is 3. The van der Waals surface area contributed by atoms with E-state index in [1.807, 2.05) is 36.4 Å². The Hall–Kier alpha value is -4.88. The topological polar surface area (TPSA) is 150 Å². The van der Waals surface area contributed by atoms with E-state index in [1.165, 1.54) is 6.20 Å². The molecule has 2 aromatic heterocycles. The second kappa shape index (κ2) is 11.9. The lowest BCUT2D eigenvalue weighted by Gasteiger charge is -2.16. The highest BCUT2D eigenvalue weighted by atomic mass is 35.5. The van der Waals surface area contributed by atoms with Crippen LogP contribution < -0.4 is 10.6 Å². The van der Waals surface area contributed by atoms with Gasteiger partial charge in [0.25, 0.3) is 0 Å². The molecule has 2 unspecified atom stereocenters. The second-order valence-corrected chi connectivity index (χ2v) is 8.61. The van der Waals surface area contributed by atoms with E-state index in [4.69, 9.17) is 20.9 Å². The number of nitrogens with zero attached hydrogens (tertiary/aromatic N) is 3. The standard InChI is InChI=1S/C27H22ClN5O5/c1-16(19-9-5-6-10-20(19)28)37-27(36)32-24-22(14-29)33-38-25(24)18-11-12-23(30-15-18)31-21(26(34)35)13-17-7-3-2-4-8-17/h2-12,15-16,21H,13H2,1H3,(H,30,31)(H,32,36)(H,34,35). The van der Waals surface area contributed by atoms with E-state index in [1.54, 1.807) is 43.3 Å². The van der Waals surface area contributed by atoms with E-state index < -0.39 is 24.2 Å². The van der Waals surface area contributed by atoms with Crippen molar-refractivity contribution in [2.75, 3.05) is 10.6 Å². The molecule has 0 fully saturated rings. The Labute approximate surface area is 222 Å². The third kappa shape index (κ3) is 6.27. The van der Waals surface area contributed by atoms with Crippen LogP contribution >= 0.6 is 11.6 Å². The lowest BCUT2D eigenvalue weighted by molar-refractivity contribution is -0.137. The molecule has 2 atom stereocenters. The number of aliphatic carboxylic acids is 1. The normalized spacial score (nSPS) is 12.1. The molecule has 0 saturated carbocycles. The third-order valence-corrected chi connectivity index (χ3v) is 5.92. The highest BCUT2D eigenvalue weighted by Gasteiger charge is 2.23. The molecule has 1 amide bonds. The molecule has 0 aliphatic carbocycles. The van der Waals surface area contributed by atoms with Gasteiger partial charge in [0.1, 0.15) is 29.7 Å². The summed E-state index contributed by atoms with van der Waals surface area (Å²) in [5, 5.41) is 28.6. The summed E-state index contributed by atoms with van der Waals surface area (Å²) in [7, 11) is 0. The Kier molecular flexibility index (Phi) is 8.20. The van der Waals surface area contributed by atoms with Gasteiger partial charge < -0.3 is 19.7 Å². The van der Waals surface area contributed by atoms with E-state index in [0.29, 0.717) is 22.0 Å². The van der Waals surface area contributed by atoms with Gasteiger partial charge in [-0.15, -0.1) is 0 Å². The first kappa shape index (κ1) is 26.2. The van der Waals surface area contributed by atoms with Gasteiger partial charge in [0.15, 0.2) is 5.76 Å². The number of nitriles is 1. The second-order valence-electron chi connectivity index (χ2n) is 8.20. The molecular formula is C27H22ClN5O5. The summed E-state index contributed by atoms with van der Waals surface area (Å²) in [6.45, 7) is 1.67. The molecule has 4 aromatic rings. The quantitative estimate of drug-likeness (QED) is 0.248. The van der Waals surface area contributed by atoms with Gasteiger partial charge in [-0.3, -0.25) is 5.32 Å². The van der Waals surface area contributed by atoms with Crippen LogP contribution in [0.25, 0.3) is 11.3 Å². The zero-order chi connectivity index (χ0) is 27.1. The van der Waals surface area contributed by atoms with Gasteiger partial charge in [0.2, 0.25) is 5.69 Å². The van der Waals surface area contributed by atoms with Gasteiger partial charge in [0.05, 0.1) is 0 Å². The lowest BCUT2D eigenvalue weighted by atomic mass is 10.1. The Morgan fingerprint density at radius 3 is 2.53 bits per heavy atom. The first-order valence-electron chi connectivity index (χ1n) is 11.5. The number of amides is 1. The molecule has 10 nitrogen and oxygen atoms in total. The lowest BCUT2D eigenvalue weighted by Crippen LogP contribution is -2.31. The van der Waals surface area contributed by atoms with Crippen molar-refractivity contribution < 1.29 is 24.0 Å². The summed E-state index contributed by atoms with van der Waals surface area (Å²) in [4.78, 5) is 28.6. The van der Waals surface area contributed by atoms with E-state index in [-0.39, 0.29) is 23.6 Å². The van der Waals surface area contributed by atoms with Crippen LogP contribution in [0.15, 0.2) is 77.4 Å². The molecule has 0 saturated heterocycles. The van der Waals surface area contributed by atoms with Gasteiger partial charge in [-0.25, -0.2) is 14.6 Å². The SMILES string of the molecule is CC(OC(=O)Nc1c(C#N)noc1-c1ccc(NC(Cc2ccccc2)C(=O)O)nc1)c1ccccc1Cl. The molecule has 0 spiro atoms. The fourth-order valence-corrected chi connectivity index (χ4v) is 3.97. The first-order valence-corrected chi connectivity index (χ1v) is 11.8. The van der Waals surface area contributed by atoms with Gasteiger partial charge in [-0.2, -0.15) is 5.26 Å². The zero-order valence-corrected chi connectivity index (χ0v) is 20.8. The Bertz CT molecular complexity index is 1470. The fourth-order valence-electron chi connectivity index (χ4n) is 3.68. The average molecular weight is 532 g/mol. The third-order valence-electron chi connectivity index (χ3n) is 5.58. The van der Waals surface area contributed by atoms with Crippen molar-refractivity contribution in [3.05, 3.63) is 94.8 Å². The summed E-state index contributed by atoms with van der Waals surface area (Å²) < 4.78 is 10.7. The number of rotatable bonds is 9. The number of benzene rings is 2. The number of carboxylic acids is 1. The van der Waals surface area contributed by atoms with Gasteiger partial charge in [-0.05, 0) is 30.7 Å². The first-order chi connectivity index (χ1) is 18.4. The molecule has 11 heteroatoms. The molecule has 2 aromatic carbocycles. The van der Waals surface area contributed by atoms with Crippen LogP contribution in [0.4, 0.5) is 16.3 Å². The maximum atomic E-state index is 12.6. The smallest absolute Gasteiger partial charge is 0.412 e. The van der Waals surface area contributed by atoms with Crippen LogP contribution in [-0.2, 0) is 16.0 Å². The van der Waals surface area contributed by atoms with Crippen LogP contribution in [0.5, 0.6) is 0 Å². The van der Waals surface area contributed by atoms with Crippen molar-refractivity contribution in [1.29, 1.82) is 5.26 Å². The minimum atomic E-state index is -1.02. The van der Waals surface area contributed by atoms with Crippen molar-refractivity contribution in [1.82, 2.24) is 10.1 Å². The Morgan fingerprint density at radius 2 is 1.87 bits per heavy atom. The zero-order valence-electron chi connectivity index (χ0n) is 20.1. The largest absolute Gasteiger partial charge is 0.480 e. The number of ether oxygens (including phenoxy) is 1. The van der Waals surface area contributed by atoms with Crippen LogP contribution in [0, 0.1) is 11.3 Å². The van der Waals surface area contributed by atoms with E-state index in [2.05, 4.69) is 20.8 Å². The van der Waals surface area contributed by atoms with Crippen molar-refractivity contribution >= 4 is 35.2 Å². The monoisotopic (exact) mass is 531 g/mol. The number of carbonyl (C=O) groups is 2. The fraction of sp³-hybridized carbons (Fsp3) is 0.148. The van der Waals surface area contributed by atoms with Crippen LogP contribution in [0.2, 0.25) is 5.02 Å². The average Bonchev–Trinajstić information content (AvgIpc) is 3.31. The number of carboxylic acid groups (broad SMARTS) is 1.